The molecule has 1 unspecified atom stereocenters. The second kappa shape index (κ2) is 7.01. The molecule has 0 aliphatic rings. The van der Waals surface area contributed by atoms with Crippen LogP contribution in [0.15, 0.2) is 12.1 Å². The first-order valence-electron chi connectivity index (χ1n) is 5.01. The summed E-state index contributed by atoms with van der Waals surface area (Å²) in [6.45, 7) is 0.619. The molecule has 0 saturated heterocycles. The molecule has 100 valence electrons. The lowest BCUT2D eigenvalue weighted by atomic mass is 10.2. The third kappa shape index (κ3) is 4.19. The molecule has 0 aliphatic heterocycles. The number of hydrogen-bond donors (Lipinski definition) is 1. The van der Waals surface area contributed by atoms with Gasteiger partial charge in [-0.1, -0.05) is 27.5 Å². The number of ether oxygens (including phenoxy) is 1. The fraction of sp³-hybridized carbons (Fsp3) is 0.364. The maximum absolute atomic E-state index is 13.4. The second-order valence-electron chi connectivity index (χ2n) is 3.51. The number of amides is 1. The molecule has 0 fully saturated rings. The van der Waals surface area contributed by atoms with Gasteiger partial charge in [0.05, 0.1) is 22.0 Å². The Balaban J connectivity index is 2.70. The average molecular weight is 343 g/mol. The summed E-state index contributed by atoms with van der Waals surface area (Å²) >= 11 is 8.64. The van der Waals surface area contributed by atoms with Gasteiger partial charge < -0.3 is 10.1 Å². The van der Waals surface area contributed by atoms with Crippen LogP contribution in [0.25, 0.3) is 0 Å². The molecule has 1 aromatic rings. The van der Waals surface area contributed by atoms with Crippen LogP contribution in [0.1, 0.15) is 10.4 Å². The zero-order chi connectivity index (χ0) is 13.7. The predicted octanol–water partition coefficient (Wildman–Crippen LogP) is 2.76. The number of rotatable bonds is 5. The van der Waals surface area contributed by atoms with Crippen molar-refractivity contribution in [1.29, 1.82) is 0 Å². The summed E-state index contributed by atoms with van der Waals surface area (Å²) in [5.74, 6) is -2.41. The molecule has 18 heavy (non-hydrogen) atoms. The fourth-order valence-corrected chi connectivity index (χ4v) is 1.81. The van der Waals surface area contributed by atoms with E-state index >= 15 is 0 Å². The Bertz CT molecular complexity index is 445. The van der Waals surface area contributed by atoms with Crippen LogP contribution in [-0.4, -0.2) is 31.0 Å². The van der Waals surface area contributed by atoms with Gasteiger partial charge >= 0.3 is 0 Å². The summed E-state index contributed by atoms with van der Waals surface area (Å²) in [5.41, 5.74) is -0.381. The van der Waals surface area contributed by atoms with Crippen LogP contribution in [0, 0.1) is 11.6 Å². The minimum absolute atomic E-state index is 0.105. The van der Waals surface area contributed by atoms with E-state index in [4.69, 9.17) is 16.3 Å². The number of alkyl halides is 1. The van der Waals surface area contributed by atoms with Gasteiger partial charge in [0.1, 0.15) is 11.6 Å². The molecular weight excluding hydrogens is 331 g/mol. The van der Waals surface area contributed by atoms with Crippen LogP contribution >= 0.6 is 27.5 Å². The van der Waals surface area contributed by atoms with Gasteiger partial charge in [0.25, 0.3) is 5.91 Å². The number of carbonyl (C=O) groups is 1. The van der Waals surface area contributed by atoms with E-state index in [0.29, 0.717) is 6.61 Å². The number of nitrogens with one attached hydrogen (secondary N) is 1. The molecule has 0 aromatic heterocycles. The SMILES string of the molecule is COCC(Br)CNC(=O)c1cc(F)c(Cl)cc1F. The molecule has 1 amide bonds. The average Bonchev–Trinajstić information content (AvgIpc) is 2.31. The van der Waals surface area contributed by atoms with E-state index < -0.39 is 17.5 Å². The van der Waals surface area contributed by atoms with Crippen LogP contribution in [0.5, 0.6) is 0 Å². The standard InChI is InChI=1S/C11H11BrClF2NO2/c1-18-5-6(12)4-16-11(17)7-2-10(15)8(13)3-9(7)14/h2-3,6H,4-5H2,1H3,(H,16,17). The van der Waals surface area contributed by atoms with Gasteiger partial charge in [-0.15, -0.1) is 0 Å². The monoisotopic (exact) mass is 341 g/mol. The van der Waals surface area contributed by atoms with E-state index in [1.165, 1.54) is 7.11 Å². The smallest absolute Gasteiger partial charge is 0.254 e. The van der Waals surface area contributed by atoms with Crippen LogP contribution in [-0.2, 0) is 4.74 Å². The van der Waals surface area contributed by atoms with E-state index in [9.17, 15) is 13.6 Å². The Kier molecular flexibility index (Phi) is 5.98. The lowest BCUT2D eigenvalue weighted by molar-refractivity contribution is 0.0945. The predicted molar refractivity (Wildman–Crippen MR) is 68.3 cm³/mol. The minimum atomic E-state index is -0.864. The van der Waals surface area contributed by atoms with Gasteiger partial charge in [-0.2, -0.15) is 0 Å². The van der Waals surface area contributed by atoms with Crippen molar-refractivity contribution in [3.63, 3.8) is 0 Å². The number of benzene rings is 1. The van der Waals surface area contributed by atoms with E-state index in [2.05, 4.69) is 21.2 Å². The van der Waals surface area contributed by atoms with Crippen molar-refractivity contribution in [3.05, 3.63) is 34.4 Å². The normalized spacial score (nSPS) is 12.3. The molecule has 0 saturated carbocycles. The number of hydrogen-bond acceptors (Lipinski definition) is 2. The zero-order valence-corrected chi connectivity index (χ0v) is 11.8. The molecule has 1 N–H and O–H groups in total. The van der Waals surface area contributed by atoms with E-state index in [1.54, 1.807) is 0 Å². The maximum Gasteiger partial charge on any atom is 0.254 e. The number of halogens is 4. The molecule has 1 aromatic carbocycles. The third-order valence-electron chi connectivity index (χ3n) is 2.09. The van der Waals surface area contributed by atoms with Crippen LogP contribution < -0.4 is 5.32 Å². The molecule has 3 nitrogen and oxygen atoms in total. The van der Waals surface area contributed by atoms with Crippen molar-refractivity contribution in [1.82, 2.24) is 5.32 Å². The summed E-state index contributed by atoms with van der Waals surface area (Å²) in [6.07, 6.45) is 0. The molecule has 7 heteroatoms. The topological polar surface area (TPSA) is 38.3 Å². The van der Waals surface area contributed by atoms with Gasteiger partial charge in [-0.05, 0) is 12.1 Å². The number of carbonyl (C=O) groups excluding carboxylic acids is 1. The second-order valence-corrected chi connectivity index (χ2v) is 5.21. The minimum Gasteiger partial charge on any atom is -0.383 e. The van der Waals surface area contributed by atoms with E-state index in [1.807, 2.05) is 0 Å². The van der Waals surface area contributed by atoms with Gasteiger partial charge in [-0.25, -0.2) is 8.78 Å². The highest BCUT2D eigenvalue weighted by Gasteiger charge is 2.16. The summed E-state index contributed by atoms with van der Waals surface area (Å²) in [6, 6.07) is 1.54. The first-order chi connectivity index (χ1) is 8.45. The lowest BCUT2D eigenvalue weighted by Crippen LogP contribution is -2.32. The first-order valence-corrected chi connectivity index (χ1v) is 6.30. The molecular formula is C11H11BrClF2NO2. The summed E-state index contributed by atoms with van der Waals surface area (Å²) in [4.78, 5) is 11.5. The highest BCUT2D eigenvalue weighted by molar-refractivity contribution is 9.09. The van der Waals surface area contributed by atoms with E-state index in [-0.39, 0.29) is 22.0 Å². The molecule has 1 rings (SSSR count). The van der Waals surface area contributed by atoms with Crippen molar-refractivity contribution >= 4 is 33.4 Å². The van der Waals surface area contributed by atoms with Crippen LogP contribution in [0.2, 0.25) is 5.02 Å². The molecule has 0 heterocycles. The summed E-state index contributed by atoms with van der Waals surface area (Å²) in [7, 11) is 1.52. The molecule has 0 spiro atoms. The Morgan fingerprint density at radius 1 is 1.50 bits per heavy atom. The maximum atomic E-state index is 13.4. The zero-order valence-electron chi connectivity index (χ0n) is 9.47. The lowest BCUT2D eigenvalue weighted by Gasteiger charge is -2.10. The number of methoxy groups -OCH3 is 1. The Labute approximate surface area is 117 Å². The highest BCUT2D eigenvalue weighted by Crippen LogP contribution is 2.19. The van der Waals surface area contributed by atoms with Gasteiger partial charge in [0, 0.05) is 13.7 Å². The molecule has 0 radical (unpaired) electrons. The largest absolute Gasteiger partial charge is 0.383 e. The van der Waals surface area contributed by atoms with Gasteiger partial charge in [-0.3, -0.25) is 4.79 Å². The van der Waals surface area contributed by atoms with E-state index in [0.717, 1.165) is 12.1 Å². The Morgan fingerprint density at radius 3 is 2.78 bits per heavy atom. The summed E-state index contributed by atoms with van der Waals surface area (Å²) < 4.78 is 31.4. The Hall–Kier alpha value is -0.720. The first kappa shape index (κ1) is 15.3. The van der Waals surface area contributed by atoms with Crippen LogP contribution in [0.4, 0.5) is 8.78 Å². The van der Waals surface area contributed by atoms with Crippen molar-refractivity contribution in [3.8, 4) is 0 Å². The van der Waals surface area contributed by atoms with Crippen molar-refractivity contribution in [2.24, 2.45) is 0 Å². The van der Waals surface area contributed by atoms with Crippen molar-refractivity contribution < 1.29 is 18.3 Å². The summed E-state index contributed by atoms with van der Waals surface area (Å²) in [5, 5.41) is 2.10. The van der Waals surface area contributed by atoms with Crippen molar-refractivity contribution in [2.45, 2.75) is 4.83 Å². The molecule has 0 bridgehead atoms. The third-order valence-corrected chi connectivity index (χ3v) is 2.96. The molecule has 0 aliphatic carbocycles. The van der Waals surface area contributed by atoms with Crippen molar-refractivity contribution in [2.75, 3.05) is 20.3 Å². The fourth-order valence-electron chi connectivity index (χ4n) is 1.24. The quantitative estimate of drug-likeness (QED) is 0.660. The molecule has 1 atom stereocenters. The van der Waals surface area contributed by atoms with Crippen LogP contribution in [0.3, 0.4) is 0 Å². The highest BCUT2D eigenvalue weighted by atomic mass is 79.9. The van der Waals surface area contributed by atoms with Gasteiger partial charge in [0.2, 0.25) is 0 Å². The Morgan fingerprint density at radius 2 is 2.17 bits per heavy atom. The van der Waals surface area contributed by atoms with Gasteiger partial charge in [0.15, 0.2) is 0 Å².